The van der Waals surface area contributed by atoms with Gasteiger partial charge in [0.15, 0.2) is 0 Å². The Labute approximate surface area is 115 Å². The molecule has 0 unspecified atom stereocenters. The fraction of sp³-hybridized carbons (Fsp3) is 0.600. The van der Waals surface area contributed by atoms with Crippen LogP contribution in [0, 0.1) is 0 Å². The van der Waals surface area contributed by atoms with Gasteiger partial charge in [-0.15, -0.1) is 11.3 Å². The van der Waals surface area contributed by atoms with Crippen LogP contribution in [0.5, 0.6) is 0 Å². The molecule has 1 N–H and O–H groups in total. The molecule has 0 aliphatic rings. The average molecular weight is 342 g/mol. The van der Waals surface area contributed by atoms with Crippen molar-refractivity contribution in [2.45, 2.75) is 26.5 Å². The highest BCUT2D eigenvalue weighted by Gasteiger charge is 2.10. The number of hydrogen-bond acceptors (Lipinski definition) is 4. The summed E-state index contributed by atoms with van der Waals surface area (Å²) in [5.74, 6) is -0.00226. The van der Waals surface area contributed by atoms with E-state index in [1.54, 1.807) is 0 Å². The van der Waals surface area contributed by atoms with E-state index < -0.39 is 10.0 Å². The number of halogens is 1. The van der Waals surface area contributed by atoms with E-state index >= 15 is 0 Å². The van der Waals surface area contributed by atoms with E-state index in [2.05, 4.69) is 20.7 Å². The first kappa shape index (κ1) is 15.1. The van der Waals surface area contributed by atoms with Crippen molar-refractivity contribution in [3.05, 3.63) is 20.8 Å². The fourth-order valence-electron chi connectivity index (χ4n) is 1.09. The number of nitrogens with one attached hydrogen (secondary N) is 1. The highest BCUT2D eigenvalue weighted by molar-refractivity contribution is 9.10. The zero-order chi connectivity index (χ0) is 12.9. The van der Waals surface area contributed by atoms with Crippen molar-refractivity contribution in [3.8, 4) is 0 Å². The fourth-order valence-corrected chi connectivity index (χ4v) is 3.41. The number of sulfonamides is 1. The second-order valence-corrected chi connectivity index (χ2v) is 7.63. The molecule has 0 aromatic carbocycles. The van der Waals surface area contributed by atoms with E-state index in [4.69, 9.17) is 4.74 Å². The van der Waals surface area contributed by atoms with Gasteiger partial charge in [-0.05, 0) is 35.8 Å². The van der Waals surface area contributed by atoms with E-state index in [0.29, 0.717) is 6.54 Å². The van der Waals surface area contributed by atoms with Crippen molar-refractivity contribution in [1.82, 2.24) is 4.72 Å². The summed E-state index contributed by atoms with van der Waals surface area (Å²) in [6, 6.07) is 1.90. The zero-order valence-electron chi connectivity index (χ0n) is 9.77. The molecule has 0 fully saturated rings. The molecular formula is C10H16BrNO3S2. The standard InChI is InChI=1S/C10H16BrNO3S2/c1-8(2)15-3-4-17(13,14)12-6-10-5-9(11)7-16-10/h5,7-8,12H,3-4,6H2,1-2H3. The quantitative estimate of drug-likeness (QED) is 0.828. The summed E-state index contributed by atoms with van der Waals surface area (Å²) in [6.45, 7) is 4.31. The molecular weight excluding hydrogens is 326 g/mol. The molecule has 0 atom stereocenters. The normalized spacial score (nSPS) is 12.2. The smallest absolute Gasteiger partial charge is 0.214 e. The highest BCUT2D eigenvalue weighted by atomic mass is 79.9. The van der Waals surface area contributed by atoms with Crippen LogP contribution in [-0.2, 0) is 21.3 Å². The molecule has 0 bridgehead atoms. The lowest BCUT2D eigenvalue weighted by molar-refractivity contribution is 0.0911. The zero-order valence-corrected chi connectivity index (χ0v) is 13.0. The van der Waals surface area contributed by atoms with E-state index in [9.17, 15) is 8.42 Å². The molecule has 1 heterocycles. The lowest BCUT2D eigenvalue weighted by atomic mass is 10.5. The van der Waals surface area contributed by atoms with E-state index in [0.717, 1.165) is 9.35 Å². The van der Waals surface area contributed by atoms with Crippen LogP contribution in [0.1, 0.15) is 18.7 Å². The summed E-state index contributed by atoms with van der Waals surface area (Å²) >= 11 is 4.84. The minimum atomic E-state index is -3.25. The Morgan fingerprint density at radius 2 is 2.24 bits per heavy atom. The summed E-state index contributed by atoms with van der Waals surface area (Å²) in [5, 5.41) is 1.92. The molecule has 0 spiro atoms. The predicted octanol–water partition coefficient (Wildman–Crippen LogP) is 2.36. The lowest BCUT2D eigenvalue weighted by Gasteiger charge is -2.08. The third-order valence-electron chi connectivity index (χ3n) is 1.89. The molecule has 1 aromatic heterocycles. The lowest BCUT2D eigenvalue weighted by Crippen LogP contribution is -2.28. The van der Waals surface area contributed by atoms with Gasteiger partial charge in [0.1, 0.15) is 0 Å². The van der Waals surface area contributed by atoms with Gasteiger partial charge in [-0.1, -0.05) is 0 Å². The molecule has 17 heavy (non-hydrogen) atoms. The van der Waals surface area contributed by atoms with Crippen molar-refractivity contribution in [2.75, 3.05) is 12.4 Å². The second-order valence-electron chi connectivity index (χ2n) is 3.79. The summed E-state index contributed by atoms with van der Waals surface area (Å²) < 4.78 is 31.9. The minimum Gasteiger partial charge on any atom is -0.378 e. The second kappa shape index (κ2) is 6.84. The first-order valence-corrected chi connectivity index (χ1v) is 8.53. The van der Waals surface area contributed by atoms with Gasteiger partial charge in [-0.2, -0.15) is 0 Å². The van der Waals surface area contributed by atoms with Crippen LogP contribution in [-0.4, -0.2) is 26.9 Å². The van der Waals surface area contributed by atoms with Gasteiger partial charge in [0, 0.05) is 21.3 Å². The summed E-state index contributed by atoms with van der Waals surface area (Å²) in [6.07, 6.45) is 0.0541. The Bertz CT molecular complexity index is 442. The monoisotopic (exact) mass is 341 g/mol. The van der Waals surface area contributed by atoms with Gasteiger partial charge >= 0.3 is 0 Å². The molecule has 0 aliphatic carbocycles. The molecule has 98 valence electrons. The molecule has 0 aliphatic heterocycles. The number of hydrogen-bond donors (Lipinski definition) is 1. The number of thiophene rings is 1. The maximum absolute atomic E-state index is 11.6. The third kappa shape index (κ3) is 6.52. The summed E-state index contributed by atoms with van der Waals surface area (Å²) in [7, 11) is -3.25. The maximum atomic E-state index is 11.6. The number of ether oxygens (including phenoxy) is 1. The van der Waals surface area contributed by atoms with Gasteiger partial charge in [0.05, 0.1) is 18.5 Å². The van der Waals surface area contributed by atoms with Gasteiger partial charge in [0.25, 0.3) is 0 Å². The molecule has 0 saturated heterocycles. The molecule has 1 aromatic rings. The SMILES string of the molecule is CC(C)OCCS(=O)(=O)NCc1cc(Br)cs1. The van der Waals surface area contributed by atoms with Crippen LogP contribution in [0.3, 0.4) is 0 Å². The Kier molecular flexibility index (Phi) is 6.08. The van der Waals surface area contributed by atoms with Crippen LogP contribution in [0.25, 0.3) is 0 Å². The number of rotatable bonds is 7. The van der Waals surface area contributed by atoms with Gasteiger partial charge in [0.2, 0.25) is 10.0 Å². The predicted molar refractivity (Wildman–Crippen MR) is 73.7 cm³/mol. The molecule has 0 saturated carbocycles. The Morgan fingerprint density at radius 1 is 1.53 bits per heavy atom. The van der Waals surface area contributed by atoms with Crippen molar-refractivity contribution in [1.29, 1.82) is 0 Å². The van der Waals surface area contributed by atoms with Crippen LogP contribution in [0.4, 0.5) is 0 Å². The van der Waals surface area contributed by atoms with E-state index in [1.807, 2.05) is 25.3 Å². The van der Waals surface area contributed by atoms with Crippen molar-refractivity contribution in [2.24, 2.45) is 0 Å². The summed E-state index contributed by atoms with van der Waals surface area (Å²) in [4.78, 5) is 0.977. The Morgan fingerprint density at radius 3 is 2.76 bits per heavy atom. The minimum absolute atomic E-state index is 0.00226. The van der Waals surface area contributed by atoms with Crippen molar-refractivity contribution >= 4 is 37.3 Å². The Hall–Kier alpha value is 0.0500. The topological polar surface area (TPSA) is 55.4 Å². The Balaban J connectivity index is 2.34. The largest absolute Gasteiger partial charge is 0.378 e. The third-order valence-corrected chi connectivity index (χ3v) is 4.88. The summed E-state index contributed by atoms with van der Waals surface area (Å²) in [5.41, 5.74) is 0. The van der Waals surface area contributed by atoms with Crippen LogP contribution in [0.2, 0.25) is 0 Å². The highest BCUT2D eigenvalue weighted by Crippen LogP contribution is 2.19. The molecule has 4 nitrogen and oxygen atoms in total. The molecule has 7 heteroatoms. The first-order chi connectivity index (χ1) is 7.89. The molecule has 0 radical (unpaired) electrons. The first-order valence-electron chi connectivity index (χ1n) is 5.21. The van der Waals surface area contributed by atoms with Gasteiger partial charge in [-0.3, -0.25) is 0 Å². The van der Waals surface area contributed by atoms with Crippen LogP contribution < -0.4 is 4.72 Å². The van der Waals surface area contributed by atoms with Crippen molar-refractivity contribution < 1.29 is 13.2 Å². The van der Waals surface area contributed by atoms with Gasteiger partial charge < -0.3 is 4.74 Å². The van der Waals surface area contributed by atoms with Crippen molar-refractivity contribution in [3.63, 3.8) is 0 Å². The van der Waals surface area contributed by atoms with Crippen LogP contribution in [0.15, 0.2) is 15.9 Å². The van der Waals surface area contributed by atoms with Crippen LogP contribution >= 0.6 is 27.3 Å². The molecule has 0 amide bonds. The molecule has 1 rings (SSSR count). The van der Waals surface area contributed by atoms with Gasteiger partial charge in [-0.25, -0.2) is 13.1 Å². The average Bonchev–Trinajstić information content (AvgIpc) is 2.61. The van der Waals surface area contributed by atoms with E-state index in [1.165, 1.54) is 11.3 Å². The maximum Gasteiger partial charge on any atom is 0.214 e. The van der Waals surface area contributed by atoms with E-state index in [-0.39, 0.29) is 18.5 Å².